The van der Waals surface area contributed by atoms with Crippen molar-refractivity contribution in [1.29, 1.82) is 0 Å². The second-order valence-electron chi connectivity index (χ2n) is 5.57. The summed E-state index contributed by atoms with van der Waals surface area (Å²) in [7, 11) is 0. The quantitative estimate of drug-likeness (QED) is 0.864. The molecule has 1 fully saturated rings. The maximum Gasteiger partial charge on any atom is 0.0185 e. The Hall–Kier alpha value is -0.470. The monoisotopic (exact) mass is 263 g/mol. The van der Waals surface area contributed by atoms with Gasteiger partial charge in [0.1, 0.15) is 0 Å². The van der Waals surface area contributed by atoms with Crippen LogP contribution < -0.4 is 5.73 Å². The Labute approximate surface area is 116 Å². The minimum absolute atomic E-state index is 0.403. The number of benzene rings is 1. The number of rotatable bonds is 5. The molecule has 1 aliphatic rings. The maximum atomic E-state index is 6.32. The van der Waals surface area contributed by atoms with Crippen LogP contribution in [0.5, 0.6) is 0 Å². The molecular formula is C16H25NS. The van der Waals surface area contributed by atoms with E-state index in [1.54, 1.807) is 0 Å². The molecule has 0 radical (unpaired) electrons. The molecule has 0 spiro atoms. The highest BCUT2D eigenvalue weighted by Crippen LogP contribution is 2.27. The molecule has 1 nitrogen and oxygen atoms in total. The molecule has 1 saturated carbocycles. The molecule has 0 heterocycles. The number of aryl methyl sites for hydroxylation is 1. The van der Waals surface area contributed by atoms with Crippen molar-refractivity contribution in [2.45, 2.75) is 50.8 Å². The van der Waals surface area contributed by atoms with Crippen LogP contribution in [0.3, 0.4) is 0 Å². The van der Waals surface area contributed by atoms with Crippen LogP contribution in [-0.2, 0) is 5.75 Å². The van der Waals surface area contributed by atoms with E-state index >= 15 is 0 Å². The lowest BCUT2D eigenvalue weighted by atomic mass is 9.85. The van der Waals surface area contributed by atoms with Crippen LogP contribution in [0.15, 0.2) is 24.3 Å². The largest absolute Gasteiger partial charge is 0.327 e. The van der Waals surface area contributed by atoms with Crippen LogP contribution in [0.2, 0.25) is 0 Å². The summed E-state index contributed by atoms with van der Waals surface area (Å²) < 4.78 is 0. The molecule has 1 atom stereocenters. The van der Waals surface area contributed by atoms with Gasteiger partial charge in [-0.1, -0.05) is 49.1 Å². The van der Waals surface area contributed by atoms with Gasteiger partial charge in [0.2, 0.25) is 0 Å². The molecule has 2 rings (SSSR count). The molecule has 0 aromatic heterocycles. The summed E-state index contributed by atoms with van der Waals surface area (Å²) >= 11 is 1.99. The smallest absolute Gasteiger partial charge is 0.0185 e. The summed E-state index contributed by atoms with van der Waals surface area (Å²) in [6.07, 6.45) is 6.90. The Morgan fingerprint density at radius 3 is 2.78 bits per heavy atom. The predicted molar refractivity (Wildman–Crippen MR) is 81.9 cm³/mol. The Balaban J connectivity index is 1.71. The minimum atomic E-state index is 0.403. The first-order valence-electron chi connectivity index (χ1n) is 7.14. The molecule has 0 bridgehead atoms. The molecule has 0 aliphatic heterocycles. The fraction of sp³-hybridized carbons (Fsp3) is 0.625. The van der Waals surface area contributed by atoms with E-state index in [2.05, 4.69) is 31.2 Å². The standard InChI is InChI=1S/C16H25NS/c1-13-6-5-7-14(10-13)11-18-12-16(17)15-8-3-2-4-9-15/h5-7,10,15-16H,2-4,8-9,11-12,17H2,1H3. The molecule has 2 heteroatoms. The van der Waals surface area contributed by atoms with E-state index in [1.165, 1.54) is 43.2 Å². The number of nitrogens with two attached hydrogens (primary N) is 1. The Morgan fingerprint density at radius 2 is 2.06 bits per heavy atom. The van der Waals surface area contributed by atoms with Gasteiger partial charge < -0.3 is 5.73 Å². The van der Waals surface area contributed by atoms with Gasteiger partial charge in [-0.15, -0.1) is 0 Å². The van der Waals surface area contributed by atoms with Gasteiger partial charge in [-0.2, -0.15) is 11.8 Å². The first-order valence-corrected chi connectivity index (χ1v) is 8.30. The van der Waals surface area contributed by atoms with Gasteiger partial charge in [-0.05, 0) is 31.2 Å². The van der Waals surface area contributed by atoms with Crippen LogP contribution in [0.25, 0.3) is 0 Å². The minimum Gasteiger partial charge on any atom is -0.327 e. The number of hydrogen-bond donors (Lipinski definition) is 1. The third kappa shape index (κ3) is 4.33. The van der Waals surface area contributed by atoms with Gasteiger partial charge in [0.25, 0.3) is 0 Å². The summed E-state index contributed by atoms with van der Waals surface area (Å²) in [5.41, 5.74) is 9.10. The van der Waals surface area contributed by atoms with Gasteiger partial charge in [0, 0.05) is 17.5 Å². The first-order chi connectivity index (χ1) is 8.75. The van der Waals surface area contributed by atoms with Gasteiger partial charge in [-0.3, -0.25) is 0 Å². The van der Waals surface area contributed by atoms with Crippen molar-refractivity contribution in [3.8, 4) is 0 Å². The van der Waals surface area contributed by atoms with E-state index in [0.29, 0.717) is 6.04 Å². The average molecular weight is 263 g/mol. The fourth-order valence-electron chi connectivity index (χ4n) is 2.81. The molecule has 1 unspecified atom stereocenters. The molecule has 100 valence electrons. The van der Waals surface area contributed by atoms with Crippen molar-refractivity contribution in [2.24, 2.45) is 11.7 Å². The second kappa shape index (κ2) is 7.20. The van der Waals surface area contributed by atoms with Gasteiger partial charge in [0.05, 0.1) is 0 Å². The van der Waals surface area contributed by atoms with E-state index in [0.717, 1.165) is 17.4 Å². The lowest BCUT2D eigenvalue weighted by molar-refractivity contribution is 0.319. The molecule has 18 heavy (non-hydrogen) atoms. The van der Waals surface area contributed by atoms with Crippen molar-refractivity contribution in [3.63, 3.8) is 0 Å². The van der Waals surface area contributed by atoms with Crippen LogP contribution in [-0.4, -0.2) is 11.8 Å². The zero-order chi connectivity index (χ0) is 12.8. The van der Waals surface area contributed by atoms with E-state index < -0.39 is 0 Å². The summed E-state index contributed by atoms with van der Waals surface area (Å²) in [5, 5.41) is 0. The normalized spacial score (nSPS) is 18.8. The lowest BCUT2D eigenvalue weighted by Crippen LogP contribution is -2.33. The van der Waals surface area contributed by atoms with Crippen molar-refractivity contribution < 1.29 is 0 Å². The summed E-state index contributed by atoms with van der Waals surface area (Å²) in [6, 6.07) is 9.19. The molecule has 0 amide bonds. The van der Waals surface area contributed by atoms with Crippen molar-refractivity contribution >= 4 is 11.8 Å². The van der Waals surface area contributed by atoms with Crippen LogP contribution in [0, 0.1) is 12.8 Å². The van der Waals surface area contributed by atoms with E-state index in [4.69, 9.17) is 5.73 Å². The zero-order valence-corrected chi connectivity index (χ0v) is 12.2. The van der Waals surface area contributed by atoms with E-state index in [9.17, 15) is 0 Å². The summed E-state index contributed by atoms with van der Waals surface area (Å²) in [4.78, 5) is 0. The zero-order valence-electron chi connectivity index (χ0n) is 11.4. The van der Waals surface area contributed by atoms with Gasteiger partial charge in [-0.25, -0.2) is 0 Å². The highest BCUT2D eigenvalue weighted by molar-refractivity contribution is 7.98. The molecular weight excluding hydrogens is 238 g/mol. The highest BCUT2D eigenvalue weighted by Gasteiger charge is 2.20. The summed E-state index contributed by atoms with van der Waals surface area (Å²) in [6.45, 7) is 2.15. The fourth-order valence-corrected chi connectivity index (χ4v) is 3.89. The second-order valence-corrected chi connectivity index (χ2v) is 6.60. The average Bonchev–Trinajstić information content (AvgIpc) is 2.40. The van der Waals surface area contributed by atoms with Gasteiger partial charge in [0.15, 0.2) is 0 Å². The van der Waals surface area contributed by atoms with Crippen molar-refractivity contribution in [3.05, 3.63) is 35.4 Å². The van der Waals surface area contributed by atoms with Gasteiger partial charge >= 0.3 is 0 Å². The van der Waals surface area contributed by atoms with Crippen LogP contribution in [0.1, 0.15) is 43.2 Å². The molecule has 1 aromatic rings. The Morgan fingerprint density at radius 1 is 1.28 bits per heavy atom. The lowest BCUT2D eigenvalue weighted by Gasteiger charge is -2.27. The van der Waals surface area contributed by atoms with Crippen molar-refractivity contribution in [1.82, 2.24) is 0 Å². The molecule has 1 aromatic carbocycles. The third-order valence-corrected chi connectivity index (χ3v) is 5.07. The maximum absolute atomic E-state index is 6.32. The topological polar surface area (TPSA) is 26.0 Å². The van der Waals surface area contributed by atoms with Crippen molar-refractivity contribution in [2.75, 3.05) is 5.75 Å². The SMILES string of the molecule is Cc1cccc(CSCC(N)C2CCCCC2)c1. The van der Waals surface area contributed by atoms with E-state index in [-0.39, 0.29) is 0 Å². The summed E-state index contributed by atoms with van der Waals surface area (Å²) in [5.74, 6) is 2.99. The van der Waals surface area contributed by atoms with Crippen LogP contribution in [0.4, 0.5) is 0 Å². The molecule has 2 N–H and O–H groups in total. The number of hydrogen-bond acceptors (Lipinski definition) is 2. The van der Waals surface area contributed by atoms with Crippen LogP contribution >= 0.6 is 11.8 Å². The first kappa shape index (κ1) is 14.0. The Kier molecular flexibility index (Phi) is 5.58. The highest BCUT2D eigenvalue weighted by atomic mass is 32.2. The molecule has 0 saturated heterocycles. The molecule has 1 aliphatic carbocycles. The van der Waals surface area contributed by atoms with E-state index in [1.807, 2.05) is 11.8 Å². The Bertz CT molecular complexity index is 358. The third-order valence-electron chi connectivity index (χ3n) is 3.92. The number of thioether (sulfide) groups is 1. The predicted octanol–water partition coefficient (Wildman–Crippen LogP) is 4.14.